The normalized spacial score (nSPS) is 14.6. The van der Waals surface area contributed by atoms with E-state index in [2.05, 4.69) is 20.9 Å². The monoisotopic (exact) mass is 243 g/mol. The van der Waals surface area contributed by atoms with E-state index in [1.807, 2.05) is 6.07 Å². The Labute approximate surface area is 85.2 Å². The van der Waals surface area contributed by atoms with Gasteiger partial charge in [-0.15, -0.1) is 0 Å². The minimum absolute atomic E-state index is 0.584. The molecule has 0 bridgehead atoms. The largest absolute Gasteiger partial charge is 0.480 e. The van der Waals surface area contributed by atoms with Crippen LogP contribution in [0.1, 0.15) is 12.0 Å². The van der Waals surface area contributed by atoms with Gasteiger partial charge in [0, 0.05) is 5.56 Å². The molecule has 1 aromatic rings. The molecule has 0 fully saturated rings. The van der Waals surface area contributed by atoms with Gasteiger partial charge in [0.15, 0.2) is 0 Å². The van der Waals surface area contributed by atoms with Gasteiger partial charge in [0.2, 0.25) is 11.8 Å². The average molecular weight is 244 g/mol. The van der Waals surface area contributed by atoms with E-state index in [1.54, 1.807) is 7.11 Å². The fourth-order valence-corrected chi connectivity index (χ4v) is 1.90. The van der Waals surface area contributed by atoms with Crippen LogP contribution in [-0.4, -0.2) is 18.7 Å². The minimum Gasteiger partial charge on any atom is -0.480 e. The Hall–Kier alpha value is -0.770. The third-order valence-corrected chi connectivity index (χ3v) is 2.57. The second kappa shape index (κ2) is 3.54. The first-order valence-corrected chi connectivity index (χ1v) is 4.97. The number of hydrogen-bond acceptors (Lipinski definition) is 3. The van der Waals surface area contributed by atoms with Crippen molar-refractivity contribution in [3.63, 3.8) is 0 Å². The highest BCUT2D eigenvalue weighted by atomic mass is 79.9. The number of hydrogen-bond donors (Lipinski definition) is 0. The average Bonchev–Trinajstić information content (AvgIpc) is 2.17. The van der Waals surface area contributed by atoms with Crippen molar-refractivity contribution >= 4 is 15.9 Å². The fourth-order valence-electron chi connectivity index (χ4n) is 1.37. The highest BCUT2D eigenvalue weighted by molar-refractivity contribution is 9.10. The van der Waals surface area contributed by atoms with Crippen molar-refractivity contribution in [3.05, 3.63) is 16.1 Å². The topological polar surface area (TPSA) is 31.4 Å². The summed E-state index contributed by atoms with van der Waals surface area (Å²) in [6.45, 7) is 0.755. The van der Waals surface area contributed by atoms with Gasteiger partial charge >= 0.3 is 0 Å². The second-order valence-electron chi connectivity index (χ2n) is 2.90. The van der Waals surface area contributed by atoms with Crippen molar-refractivity contribution in [2.75, 3.05) is 13.7 Å². The van der Waals surface area contributed by atoms with Crippen LogP contribution in [0.15, 0.2) is 10.5 Å². The predicted molar refractivity (Wildman–Crippen MR) is 52.3 cm³/mol. The summed E-state index contributed by atoms with van der Waals surface area (Å²) in [5.74, 6) is 1.30. The maximum absolute atomic E-state index is 5.41. The van der Waals surface area contributed by atoms with Crippen molar-refractivity contribution in [1.82, 2.24) is 4.98 Å². The number of aryl methyl sites for hydroxylation is 1. The van der Waals surface area contributed by atoms with Crippen LogP contribution in [0.5, 0.6) is 11.8 Å². The van der Waals surface area contributed by atoms with Crippen LogP contribution in [-0.2, 0) is 6.42 Å². The summed E-state index contributed by atoms with van der Waals surface area (Å²) >= 11 is 3.39. The lowest BCUT2D eigenvalue weighted by Gasteiger charge is -2.16. The number of methoxy groups -OCH3 is 1. The van der Waals surface area contributed by atoms with Gasteiger partial charge in [0.25, 0.3) is 0 Å². The van der Waals surface area contributed by atoms with E-state index in [9.17, 15) is 0 Å². The first kappa shape index (κ1) is 8.81. The van der Waals surface area contributed by atoms with E-state index < -0.39 is 0 Å². The van der Waals surface area contributed by atoms with E-state index in [1.165, 1.54) is 0 Å². The molecular formula is C9H10BrNO2. The number of nitrogens with zero attached hydrogens (tertiary/aromatic N) is 1. The van der Waals surface area contributed by atoms with Gasteiger partial charge in [-0.25, -0.2) is 0 Å². The molecule has 2 heterocycles. The first-order chi connectivity index (χ1) is 6.31. The second-order valence-corrected chi connectivity index (χ2v) is 3.75. The number of ether oxygens (including phenoxy) is 2. The lowest BCUT2D eigenvalue weighted by atomic mass is 10.1. The molecule has 0 unspecified atom stereocenters. The van der Waals surface area contributed by atoms with E-state index in [-0.39, 0.29) is 0 Å². The van der Waals surface area contributed by atoms with Gasteiger partial charge in [-0.2, -0.15) is 4.98 Å². The van der Waals surface area contributed by atoms with Gasteiger partial charge < -0.3 is 9.47 Å². The Bertz CT molecular complexity index is 328. The highest BCUT2D eigenvalue weighted by Crippen LogP contribution is 2.31. The van der Waals surface area contributed by atoms with Crippen LogP contribution in [0, 0.1) is 0 Å². The highest BCUT2D eigenvalue weighted by Gasteiger charge is 2.15. The van der Waals surface area contributed by atoms with E-state index in [0.29, 0.717) is 11.8 Å². The van der Waals surface area contributed by atoms with Crippen LogP contribution in [0.4, 0.5) is 0 Å². The predicted octanol–water partition coefficient (Wildman–Crippen LogP) is 2.18. The van der Waals surface area contributed by atoms with E-state index >= 15 is 0 Å². The van der Waals surface area contributed by atoms with Gasteiger partial charge in [0.05, 0.1) is 18.2 Å². The smallest absolute Gasteiger partial charge is 0.231 e. The molecule has 0 spiro atoms. The van der Waals surface area contributed by atoms with Gasteiger partial charge in [0.1, 0.15) is 0 Å². The molecule has 0 amide bonds. The van der Waals surface area contributed by atoms with Crippen LogP contribution in [0.2, 0.25) is 0 Å². The quantitative estimate of drug-likeness (QED) is 0.758. The number of fused-ring (bicyclic) bond motifs is 1. The molecule has 2 rings (SSSR count). The third kappa shape index (κ3) is 1.63. The number of halogens is 1. The van der Waals surface area contributed by atoms with Crippen LogP contribution in [0.3, 0.4) is 0 Å². The molecule has 3 nitrogen and oxygen atoms in total. The molecule has 0 saturated heterocycles. The molecule has 4 heteroatoms. The van der Waals surface area contributed by atoms with Crippen molar-refractivity contribution in [3.8, 4) is 11.8 Å². The Kier molecular flexibility index (Phi) is 2.40. The number of aromatic nitrogens is 1. The first-order valence-electron chi connectivity index (χ1n) is 4.17. The molecule has 0 aromatic carbocycles. The Balaban J connectivity index is 2.44. The molecule has 0 saturated carbocycles. The molecule has 1 aromatic heterocycles. The van der Waals surface area contributed by atoms with Crippen LogP contribution < -0.4 is 9.47 Å². The molecule has 0 atom stereocenters. The van der Waals surface area contributed by atoms with E-state index in [4.69, 9.17) is 9.47 Å². The SMILES string of the molecule is COc1nc2c(cc1Br)CCCO2. The van der Waals surface area contributed by atoms with Gasteiger partial charge in [-0.1, -0.05) is 0 Å². The maximum Gasteiger partial charge on any atom is 0.231 e. The summed E-state index contributed by atoms with van der Waals surface area (Å²) in [5.41, 5.74) is 1.15. The van der Waals surface area contributed by atoms with Crippen molar-refractivity contribution < 1.29 is 9.47 Å². The number of pyridine rings is 1. The molecule has 0 N–H and O–H groups in total. The van der Waals surface area contributed by atoms with Crippen molar-refractivity contribution in [2.24, 2.45) is 0 Å². The third-order valence-electron chi connectivity index (χ3n) is 2.01. The lowest BCUT2D eigenvalue weighted by Crippen LogP contribution is -2.10. The maximum atomic E-state index is 5.41. The fraction of sp³-hybridized carbons (Fsp3) is 0.444. The molecule has 1 aliphatic rings. The molecule has 0 radical (unpaired) electrons. The molecular weight excluding hydrogens is 234 g/mol. The van der Waals surface area contributed by atoms with Crippen molar-refractivity contribution in [2.45, 2.75) is 12.8 Å². The minimum atomic E-state index is 0.584. The zero-order chi connectivity index (χ0) is 9.26. The zero-order valence-electron chi connectivity index (χ0n) is 7.34. The standard InChI is InChI=1S/C9H10BrNO2/c1-12-9-7(10)5-6-3-2-4-13-8(6)11-9/h5H,2-4H2,1H3. The number of rotatable bonds is 1. The van der Waals surface area contributed by atoms with Crippen LogP contribution in [0.25, 0.3) is 0 Å². The Morgan fingerprint density at radius 1 is 1.62 bits per heavy atom. The zero-order valence-corrected chi connectivity index (χ0v) is 8.93. The summed E-state index contributed by atoms with van der Waals surface area (Å²) in [7, 11) is 1.60. The van der Waals surface area contributed by atoms with Gasteiger partial charge in [-0.3, -0.25) is 0 Å². The summed E-state index contributed by atoms with van der Waals surface area (Å²) in [6.07, 6.45) is 2.10. The lowest BCUT2D eigenvalue weighted by molar-refractivity contribution is 0.269. The van der Waals surface area contributed by atoms with E-state index in [0.717, 1.165) is 29.5 Å². The van der Waals surface area contributed by atoms with Crippen molar-refractivity contribution in [1.29, 1.82) is 0 Å². The van der Waals surface area contributed by atoms with Crippen LogP contribution >= 0.6 is 15.9 Å². The molecule has 0 aliphatic carbocycles. The Morgan fingerprint density at radius 2 is 2.46 bits per heavy atom. The van der Waals surface area contributed by atoms with Gasteiger partial charge in [-0.05, 0) is 34.8 Å². The molecule has 1 aliphatic heterocycles. The summed E-state index contributed by atoms with van der Waals surface area (Å²) in [5, 5.41) is 0. The Morgan fingerprint density at radius 3 is 3.23 bits per heavy atom. The summed E-state index contributed by atoms with van der Waals surface area (Å²) < 4.78 is 11.4. The summed E-state index contributed by atoms with van der Waals surface area (Å²) in [4.78, 5) is 4.24. The molecule has 70 valence electrons. The molecule has 13 heavy (non-hydrogen) atoms. The summed E-state index contributed by atoms with van der Waals surface area (Å²) in [6, 6.07) is 2.01.